The van der Waals surface area contributed by atoms with Crippen molar-refractivity contribution in [1.29, 1.82) is 0 Å². The second-order valence-electron chi connectivity index (χ2n) is 11.6. The highest BCUT2D eigenvalue weighted by atomic mass is 16.6. The molecule has 5 nitrogen and oxygen atoms in total. The molecule has 0 spiro atoms. The molecular weight excluding hydrogens is 461 g/mol. The molecule has 1 saturated heterocycles. The summed E-state index contributed by atoms with van der Waals surface area (Å²) in [7, 11) is -0.463. The number of carboxylic acids is 1. The van der Waals surface area contributed by atoms with Crippen LogP contribution in [-0.2, 0) is 20.5 Å². The van der Waals surface area contributed by atoms with E-state index in [0.717, 1.165) is 22.2 Å². The van der Waals surface area contributed by atoms with Crippen LogP contribution in [0.4, 0.5) is 0 Å². The molecule has 1 atom stereocenters. The molecule has 3 aromatic rings. The van der Waals surface area contributed by atoms with Gasteiger partial charge in [0.1, 0.15) is 0 Å². The van der Waals surface area contributed by atoms with E-state index >= 15 is 0 Å². The zero-order valence-corrected chi connectivity index (χ0v) is 22.4. The summed E-state index contributed by atoms with van der Waals surface area (Å²) in [5.41, 5.74) is 2.03. The monoisotopic (exact) mass is 497 g/mol. The van der Waals surface area contributed by atoms with Gasteiger partial charge in [0, 0.05) is 36.2 Å². The summed E-state index contributed by atoms with van der Waals surface area (Å²) in [6, 6.07) is 27.4. The van der Waals surface area contributed by atoms with Crippen molar-refractivity contribution in [3.05, 3.63) is 102 Å². The van der Waals surface area contributed by atoms with E-state index in [1.807, 2.05) is 106 Å². The van der Waals surface area contributed by atoms with Gasteiger partial charge >= 0.3 is 13.1 Å². The minimum Gasteiger partial charge on any atom is -0.479 e. The maximum Gasteiger partial charge on any atom is 0.493 e. The van der Waals surface area contributed by atoms with Gasteiger partial charge in [0.2, 0.25) is 0 Å². The molecule has 0 aliphatic carbocycles. The molecule has 0 amide bonds. The smallest absolute Gasteiger partial charge is 0.479 e. The molecule has 0 aromatic heterocycles. The minimum atomic E-state index is -1.43. The molecule has 1 fully saturated rings. The van der Waals surface area contributed by atoms with E-state index in [4.69, 9.17) is 14.3 Å². The third-order valence-corrected chi connectivity index (χ3v) is 6.93. The summed E-state index contributed by atoms with van der Waals surface area (Å²) < 4.78 is 12.0. The third-order valence-electron chi connectivity index (χ3n) is 6.93. The van der Waals surface area contributed by atoms with E-state index in [-0.39, 0.29) is 11.8 Å². The van der Waals surface area contributed by atoms with Crippen LogP contribution in [0.15, 0.2) is 89.9 Å². The van der Waals surface area contributed by atoms with Crippen LogP contribution in [-0.4, -0.2) is 42.7 Å². The molecule has 6 heteroatoms. The van der Waals surface area contributed by atoms with E-state index in [2.05, 4.69) is 13.8 Å². The maximum atomic E-state index is 13.2. The van der Waals surface area contributed by atoms with Gasteiger partial charge in [-0.25, -0.2) is 4.79 Å². The maximum absolute atomic E-state index is 13.2. The lowest BCUT2D eigenvalue weighted by molar-refractivity contribution is -0.147. The largest absolute Gasteiger partial charge is 0.493 e. The minimum absolute atomic E-state index is 0.0290. The van der Waals surface area contributed by atoms with E-state index < -0.39 is 24.0 Å². The van der Waals surface area contributed by atoms with Crippen LogP contribution in [0.2, 0.25) is 0 Å². The number of rotatable bonds is 7. The highest BCUT2D eigenvalue weighted by molar-refractivity contribution is 6.61. The summed E-state index contributed by atoms with van der Waals surface area (Å²) in [5.74, 6) is -0.957. The predicted molar refractivity (Wildman–Crippen MR) is 150 cm³/mol. The van der Waals surface area contributed by atoms with Crippen molar-refractivity contribution in [2.75, 3.05) is 13.2 Å². The molecule has 1 aliphatic heterocycles. The van der Waals surface area contributed by atoms with Gasteiger partial charge in [0.05, 0.1) is 5.71 Å². The average molecular weight is 497 g/mol. The molecule has 1 heterocycles. The van der Waals surface area contributed by atoms with Crippen molar-refractivity contribution in [2.24, 2.45) is 15.8 Å². The number of aliphatic imine (C=N–C) groups is 1. The number of hydrogen-bond acceptors (Lipinski definition) is 4. The molecule has 0 bridgehead atoms. The quantitative estimate of drug-likeness (QED) is 0.351. The Morgan fingerprint density at radius 2 is 1.43 bits per heavy atom. The normalized spacial score (nSPS) is 17.1. The van der Waals surface area contributed by atoms with Gasteiger partial charge in [-0.3, -0.25) is 4.99 Å². The lowest BCUT2D eigenvalue weighted by Crippen LogP contribution is -2.51. The third kappa shape index (κ3) is 6.03. The molecule has 1 unspecified atom stereocenters. The number of benzene rings is 3. The topological polar surface area (TPSA) is 68.1 Å². The Hall–Kier alpha value is -3.22. The van der Waals surface area contributed by atoms with Crippen LogP contribution >= 0.6 is 0 Å². The average Bonchev–Trinajstić information content (AvgIpc) is 2.87. The fourth-order valence-corrected chi connectivity index (χ4v) is 4.63. The van der Waals surface area contributed by atoms with Gasteiger partial charge in [-0.2, -0.15) is 0 Å². The number of hydrogen-bond donors (Lipinski definition) is 1. The predicted octanol–water partition coefficient (Wildman–Crippen LogP) is 5.40. The first kappa shape index (κ1) is 26.8. The van der Waals surface area contributed by atoms with Gasteiger partial charge in [0.25, 0.3) is 0 Å². The highest BCUT2D eigenvalue weighted by Crippen LogP contribution is 2.39. The summed E-state index contributed by atoms with van der Waals surface area (Å²) in [6.45, 7) is 11.3. The second-order valence-corrected chi connectivity index (χ2v) is 11.6. The van der Waals surface area contributed by atoms with Crippen LogP contribution in [0.3, 0.4) is 0 Å². The van der Waals surface area contributed by atoms with Crippen LogP contribution < -0.4 is 5.46 Å². The Balaban J connectivity index is 1.80. The summed E-state index contributed by atoms with van der Waals surface area (Å²) in [4.78, 5) is 18.3. The summed E-state index contributed by atoms with van der Waals surface area (Å²) in [5, 5.41) is 10.8. The number of carbonyl (C=O) groups is 1. The Bertz CT molecular complexity index is 1200. The second kappa shape index (κ2) is 10.6. The highest BCUT2D eigenvalue weighted by Gasteiger charge is 2.49. The van der Waals surface area contributed by atoms with Crippen molar-refractivity contribution >= 4 is 24.3 Å². The van der Waals surface area contributed by atoms with E-state index in [1.54, 1.807) is 0 Å². The van der Waals surface area contributed by atoms with Gasteiger partial charge < -0.3 is 14.4 Å². The first-order valence-electron chi connectivity index (χ1n) is 12.8. The molecule has 0 saturated carbocycles. The summed E-state index contributed by atoms with van der Waals surface area (Å²) in [6.07, 6.45) is 0.223. The fourth-order valence-electron chi connectivity index (χ4n) is 4.63. The summed E-state index contributed by atoms with van der Waals surface area (Å²) >= 11 is 0. The zero-order chi connectivity index (χ0) is 26.7. The Kier molecular flexibility index (Phi) is 7.72. The number of aliphatic carboxylic acids is 1. The van der Waals surface area contributed by atoms with Gasteiger partial charge in [-0.15, -0.1) is 0 Å². The van der Waals surface area contributed by atoms with Gasteiger partial charge in [-0.05, 0) is 16.4 Å². The number of nitrogens with zero attached hydrogens (tertiary/aromatic N) is 1. The van der Waals surface area contributed by atoms with E-state index in [1.165, 1.54) is 0 Å². The lowest BCUT2D eigenvalue weighted by Gasteiger charge is -2.39. The van der Waals surface area contributed by atoms with Crippen LogP contribution in [0.25, 0.3) is 0 Å². The first-order chi connectivity index (χ1) is 17.5. The van der Waals surface area contributed by atoms with Crippen molar-refractivity contribution < 1.29 is 19.2 Å². The van der Waals surface area contributed by atoms with Crippen molar-refractivity contribution in [1.82, 2.24) is 0 Å². The SMILES string of the molecule is CC1(C)COB(c2cccc(CC(N=C(c3ccccc3)c3ccccc3)(C(=O)O)C(C)(C)C)c2)OC1. The molecule has 1 aliphatic rings. The van der Waals surface area contributed by atoms with Crippen molar-refractivity contribution in [2.45, 2.75) is 46.6 Å². The molecule has 4 rings (SSSR count). The molecule has 192 valence electrons. The van der Waals surface area contributed by atoms with Crippen LogP contribution in [0.5, 0.6) is 0 Å². The van der Waals surface area contributed by atoms with Crippen molar-refractivity contribution in [3.63, 3.8) is 0 Å². The molecule has 3 aromatic carbocycles. The fraction of sp³-hybridized carbons (Fsp3) is 0.355. The van der Waals surface area contributed by atoms with E-state index in [0.29, 0.717) is 18.9 Å². The Morgan fingerprint density at radius 1 is 0.892 bits per heavy atom. The Morgan fingerprint density at radius 3 is 1.92 bits per heavy atom. The molecular formula is C31H36BNO4. The van der Waals surface area contributed by atoms with E-state index in [9.17, 15) is 9.90 Å². The zero-order valence-electron chi connectivity index (χ0n) is 22.4. The lowest BCUT2D eigenvalue weighted by atomic mass is 9.69. The van der Waals surface area contributed by atoms with Gasteiger partial charge in [0.15, 0.2) is 5.54 Å². The van der Waals surface area contributed by atoms with Crippen LogP contribution in [0.1, 0.15) is 51.3 Å². The van der Waals surface area contributed by atoms with Gasteiger partial charge in [-0.1, -0.05) is 120 Å². The number of carboxylic acid groups (broad SMARTS) is 1. The first-order valence-corrected chi connectivity index (χ1v) is 12.8. The molecule has 1 N–H and O–H groups in total. The molecule has 37 heavy (non-hydrogen) atoms. The molecule has 0 radical (unpaired) electrons. The van der Waals surface area contributed by atoms with Crippen molar-refractivity contribution in [3.8, 4) is 0 Å². The standard InChI is InChI=1S/C31H36BNO4/c1-29(2,3)31(28(34)35,33-27(24-14-8-6-9-15-24)25-16-10-7-11-17-25)20-23-13-12-18-26(19-23)32-36-21-30(4,5)22-37-32/h6-19H,20-22H2,1-5H3,(H,34,35). The Labute approximate surface area is 220 Å². The van der Waals surface area contributed by atoms with Crippen LogP contribution in [0, 0.1) is 10.8 Å².